The smallest absolute Gasteiger partial charge is 0.275 e. The molecule has 120 valence electrons. The third-order valence-corrected chi connectivity index (χ3v) is 3.85. The first-order chi connectivity index (χ1) is 11.0. The summed E-state index contributed by atoms with van der Waals surface area (Å²) in [6, 6.07) is 4.14. The molecule has 0 unspecified atom stereocenters. The fourth-order valence-electron chi connectivity index (χ4n) is 2.16. The first kappa shape index (κ1) is 15.5. The van der Waals surface area contributed by atoms with Crippen LogP contribution in [0, 0.1) is 18.7 Å². The van der Waals surface area contributed by atoms with Gasteiger partial charge in [-0.05, 0) is 31.9 Å². The first-order valence-corrected chi connectivity index (χ1v) is 7.37. The van der Waals surface area contributed by atoms with Crippen LogP contribution in [0.5, 0.6) is 0 Å². The van der Waals surface area contributed by atoms with Crippen molar-refractivity contribution in [1.29, 1.82) is 0 Å². The quantitative estimate of drug-likeness (QED) is 0.843. The van der Waals surface area contributed by atoms with Crippen LogP contribution >= 0.6 is 11.6 Å². The van der Waals surface area contributed by atoms with Crippen LogP contribution in [0.25, 0.3) is 11.3 Å². The van der Waals surface area contributed by atoms with Gasteiger partial charge in [0.15, 0.2) is 0 Å². The summed E-state index contributed by atoms with van der Waals surface area (Å²) in [6.45, 7) is 1.52. The fourth-order valence-corrected chi connectivity index (χ4v) is 2.42. The summed E-state index contributed by atoms with van der Waals surface area (Å²) >= 11 is 6.00. The molecule has 0 aliphatic heterocycles. The number of carbonyl (C=O) groups excluding carboxylic acids is 2. The summed E-state index contributed by atoms with van der Waals surface area (Å²) in [7, 11) is 0. The highest BCUT2D eigenvalue weighted by atomic mass is 35.5. The molecule has 2 amide bonds. The van der Waals surface area contributed by atoms with E-state index in [4.69, 9.17) is 16.1 Å². The fraction of sp³-hybridized carbons (Fsp3) is 0.267. The normalized spacial score (nSPS) is 13.7. The van der Waals surface area contributed by atoms with E-state index in [-0.39, 0.29) is 39.4 Å². The molecular formula is C15H13ClFN3O3. The van der Waals surface area contributed by atoms with Gasteiger partial charge in [-0.15, -0.1) is 0 Å². The molecule has 0 saturated heterocycles. The molecule has 2 N–H and O–H groups in total. The maximum Gasteiger partial charge on any atom is 0.275 e. The van der Waals surface area contributed by atoms with E-state index in [0.717, 1.165) is 12.8 Å². The van der Waals surface area contributed by atoms with Gasteiger partial charge in [-0.3, -0.25) is 20.4 Å². The Morgan fingerprint density at radius 1 is 1.35 bits per heavy atom. The van der Waals surface area contributed by atoms with Crippen molar-refractivity contribution in [3.8, 4) is 11.3 Å². The molecular weight excluding hydrogens is 325 g/mol. The Morgan fingerprint density at radius 2 is 2.09 bits per heavy atom. The Kier molecular flexibility index (Phi) is 4.04. The first-order valence-electron chi connectivity index (χ1n) is 7.00. The number of benzene rings is 1. The van der Waals surface area contributed by atoms with E-state index in [1.165, 1.54) is 25.1 Å². The van der Waals surface area contributed by atoms with E-state index >= 15 is 0 Å². The van der Waals surface area contributed by atoms with Crippen LogP contribution in [0.2, 0.25) is 5.02 Å². The minimum absolute atomic E-state index is 0.0104. The van der Waals surface area contributed by atoms with Gasteiger partial charge in [0.1, 0.15) is 22.8 Å². The van der Waals surface area contributed by atoms with Crippen molar-refractivity contribution >= 4 is 23.4 Å². The second-order valence-electron chi connectivity index (χ2n) is 5.28. The summed E-state index contributed by atoms with van der Waals surface area (Å²) in [6.07, 6.45) is 1.62. The molecule has 3 rings (SSSR count). The number of halogens is 2. The highest BCUT2D eigenvalue weighted by Gasteiger charge is 2.31. The van der Waals surface area contributed by atoms with Crippen LogP contribution in [0.15, 0.2) is 22.7 Å². The van der Waals surface area contributed by atoms with Crippen LogP contribution in [0.4, 0.5) is 4.39 Å². The number of nitrogens with zero attached hydrogens (tertiary/aromatic N) is 1. The van der Waals surface area contributed by atoms with Gasteiger partial charge in [0, 0.05) is 5.92 Å². The molecule has 1 heterocycles. The van der Waals surface area contributed by atoms with Gasteiger partial charge in [-0.2, -0.15) is 0 Å². The van der Waals surface area contributed by atoms with Crippen LogP contribution in [0.1, 0.15) is 29.0 Å². The van der Waals surface area contributed by atoms with Gasteiger partial charge in [-0.25, -0.2) is 4.39 Å². The molecule has 1 aromatic heterocycles. The Bertz CT molecular complexity index is 766. The van der Waals surface area contributed by atoms with Crippen molar-refractivity contribution in [2.75, 3.05) is 0 Å². The molecule has 1 aliphatic rings. The number of hydrazine groups is 1. The van der Waals surface area contributed by atoms with Crippen LogP contribution in [-0.2, 0) is 4.79 Å². The lowest BCUT2D eigenvalue weighted by Gasteiger charge is -2.08. The van der Waals surface area contributed by atoms with Gasteiger partial charge >= 0.3 is 0 Å². The van der Waals surface area contributed by atoms with E-state index in [2.05, 4.69) is 16.0 Å². The van der Waals surface area contributed by atoms with Crippen LogP contribution in [-0.4, -0.2) is 17.0 Å². The van der Waals surface area contributed by atoms with Crippen molar-refractivity contribution in [3.05, 3.63) is 40.4 Å². The monoisotopic (exact) mass is 337 g/mol. The molecule has 1 saturated carbocycles. The van der Waals surface area contributed by atoms with Gasteiger partial charge in [0.25, 0.3) is 5.91 Å². The third kappa shape index (κ3) is 3.05. The Balaban J connectivity index is 1.89. The third-order valence-electron chi connectivity index (χ3n) is 3.54. The predicted molar refractivity (Wildman–Crippen MR) is 80.0 cm³/mol. The number of nitrogens with one attached hydrogen (secondary N) is 2. The van der Waals surface area contributed by atoms with E-state index in [1.54, 1.807) is 0 Å². The van der Waals surface area contributed by atoms with Crippen LogP contribution < -0.4 is 10.9 Å². The summed E-state index contributed by atoms with van der Waals surface area (Å²) in [5.74, 6) is -1.39. The van der Waals surface area contributed by atoms with Crippen molar-refractivity contribution in [1.82, 2.24) is 16.0 Å². The topological polar surface area (TPSA) is 84.2 Å². The van der Waals surface area contributed by atoms with E-state index in [9.17, 15) is 14.0 Å². The second kappa shape index (κ2) is 6.00. The molecule has 1 aromatic carbocycles. The lowest BCUT2D eigenvalue weighted by Crippen LogP contribution is -2.42. The summed E-state index contributed by atoms with van der Waals surface area (Å²) in [4.78, 5) is 23.9. The predicted octanol–water partition coefficient (Wildman–Crippen LogP) is 2.61. The van der Waals surface area contributed by atoms with E-state index in [1.807, 2.05) is 0 Å². The number of aryl methyl sites for hydroxylation is 1. The van der Waals surface area contributed by atoms with Crippen LogP contribution in [0.3, 0.4) is 0 Å². The zero-order valence-electron chi connectivity index (χ0n) is 12.2. The van der Waals surface area contributed by atoms with Gasteiger partial charge in [0.2, 0.25) is 5.91 Å². The Morgan fingerprint density at radius 3 is 2.74 bits per heavy atom. The molecule has 0 bridgehead atoms. The van der Waals surface area contributed by atoms with Gasteiger partial charge in [-0.1, -0.05) is 22.8 Å². The SMILES string of the molecule is Cc1onc(-c2c(F)cccc2Cl)c1C(=O)NNC(=O)C1CC1. The molecule has 6 nitrogen and oxygen atoms in total. The Labute approximate surface area is 135 Å². The highest BCUT2D eigenvalue weighted by molar-refractivity contribution is 6.33. The zero-order chi connectivity index (χ0) is 16.6. The average molecular weight is 338 g/mol. The summed E-state index contributed by atoms with van der Waals surface area (Å²) in [5, 5.41) is 3.84. The highest BCUT2D eigenvalue weighted by Crippen LogP contribution is 2.33. The minimum Gasteiger partial charge on any atom is -0.360 e. The standard InChI is InChI=1S/C15H13ClFN3O3/c1-7-11(15(22)19-18-14(21)8-5-6-8)13(20-23-7)12-9(16)3-2-4-10(12)17/h2-4,8H,5-6H2,1H3,(H,18,21)(H,19,22). The molecule has 8 heteroatoms. The summed E-state index contributed by atoms with van der Waals surface area (Å²) in [5.41, 5.74) is 4.61. The number of rotatable bonds is 3. The van der Waals surface area contributed by atoms with Crippen molar-refractivity contribution < 1.29 is 18.5 Å². The van der Waals surface area contributed by atoms with E-state index in [0.29, 0.717) is 0 Å². The molecule has 2 aromatic rings. The van der Waals surface area contributed by atoms with E-state index < -0.39 is 11.7 Å². The van der Waals surface area contributed by atoms with Gasteiger partial charge in [0.05, 0.1) is 10.6 Å². The van der Waals surface area contributed by atoms with Crippen molar-refractivity contribution in [2.24, 2.45) is 5.92 Å². The molecule has 0 spiro atoms. The Hall–Kier alpha value is -2.41. The molecule has 0 atom stereocenters. The largest absolute Gasteiger partial charge is 0.360 e. The lowest BCUT2D eigenvalue weighted by atomic mass is 10.1. The molecule has 23 heavy (non-hydrogen) atoms. The number of amides is 2. The number of hydrogen-bond acceptors (Lipinski definition) is 4. The lowest BCUT2D eigenvalue weighted by molar-refractivity contribution is -0.123. The van der Waals surface area contributed by atoms with Crippen molar-refractivity contribution in [3.63, 3.8) is 0 Å². The summed E-state index contributed by atoms with van der Waals surface area (Å²) < 4.78 is 19.0. The second-order valence-corrected chi connectivity index (χ2v) is 5.68. The molecule has 1 fully saturated rings. The number of hydrogen-bond donors (Lipinski definition) is 2. The molecule has 1 aliphatic carbocycles. The number of aromatic nitrogens is 1. The molecule has 0 radical (unpaired) electrons. The maximum atomic E-state index is 14.0. The number of carbonyl (C=O) groups is 2. The van der Waals surface area contributed by atoms with Crippen molar-refractivity contribution in [2.45, 2.75) is 19.8 Å². The van der Waals surface area contributed by atoms with Gasteiger partial charge < -0.3 is 4.52 Å². The maximum absolute atomic E-state index is 14.0. The minimum atomic E-state index is -0.646. The average Bonchev–Trinajstić information content (AvgIpc) is 3.29. The zero-order valence-corrected chi connectivity index (χ0v) is 12.9.